The normalized spacial score (nSPS) is 34.3. The number of carboxylic acid groups (broad SMARTS) is 1. The van der Waals surface area contributed by atoms with Gasteiger partial charge in [-0.2, -0.15) is 0 Å². The summed E-state index contributed by atoms with van der Waals surface area (Å²) in [6.07, 6.45) is 5.02. The minimum atomic E-state index is -0.709. The molecule has 1 saturated heterocycles. The van der Waals surface area contributed by atoms with Gasteiger partial charge in [-0.25, -0.2) is 0 Å². The van der Waals surface area contributed by atoms with E-state index in [4.69, 9.17) is 4.74 Å². The SMILES string of the molecule is CCN(C1COCC1C(=O)O)C1CCCCC1C(C)(C)C. The van der Waals surface area contributed by atoms with E-state index in [1.807, 2.05) is 0 Å². The van der Waals surface area contributed by atoms with Crippen molar-refractivity contribution >= 4 is 5.97 Å². The average Bonchev–Trinajstić information content (AvgIpc) is 2.88. The van der Waals surface area contributed by atoms with Crippen molar-refractivity contribution in [2.24, 2.45) is 17.3 Å². The van der Waals surface area contributed by atoms with Crippen LogP contribution in [0.1, 0.15) is 53.4 Å². The zero-order valence-electron chi connectivity index (χ0n) is 14.0. The molecule has 1 aliphatic heterocycles. The Balaban J connectivity index is 2.20. The van der Waals surface area contributed by atoms with Gasteiger partial charge in [0.15, 0.2) is 0 Å². The van der Waals surface area contributed by atoms with Gasteiger partial charge in [-0.05, 0) is 30.7 Å². The molecule has 0 aromatic rings. The average molecular weight is 297 g/mol. The quantitative estimate of drug-likeness (QED) is 0.866. The largest absolute Gasteiger partial charge is 0.481 e. The Bertz CT molecular complexity index is 364. The lowest BCUT2D eigenvalue weighted by atomic mass is 9.68. The van der Waals surface area contributed by atoms with Crippen LogP contribution >= 0.6 is 0 Å². The van der Waals surface area contributed by atoms with Crippen LogP contribution in [0.3, 0.4) is 0 Å². The van der Waals surface area contributed by atoms with Crippen LogP contribution in [0.2, 0.25) is 0 Å². The summed E-state index contributed by atoms with van der Waals surface area (Å²) in [5.74, 6) is -0.437. The summed E-state index contributed by atoms with van der Waals surface area (Å²) in [7, 11) is 0. The molecule has 0 aromatic carbocycles. The molecule has 4 nitrogen and oxygen atoms in total. The predicted molar refractivity (Wildman–Crippen MR) is 83.3 cm³/mol. The van der Waals surface area contributed by atoms with Crippen LogP contribution in [0.25, 0.3) is 0 Å². The molecule has 1 heterocycles. The topological polar surface area (TPSA) is 49.8 Å². The Labute approximate surface area is 128 Å². The fourth-order valence-corrected chi connectivity index (χ4v) is 4.34. The van der Waals surface area contributed by atoms with Crippen LogP contribution in [0.15, 0.2) is 0 Å². The van der Waals surface area contributed by atoms with E-state index in [1.165, 1.54) is 25.7 Å². The summed E-state index contributed by atoms with van der Waals surface area (Å²) < 4.78 is 5.50. The smallest absolute Gasteiger partial charge is 0.310 e. The van der Waals surface area contributed by atoms with E-state index in [1.54, 1.807) is 0 Å². The fraction of sp³-hybridized carbons (Fsp3) is 0.941. The van der Waals surface area contributed by atoms with Gasteiger partial charge in [0.25, 0.3) is 0 Å². The molecule has 1 aliphatic carbocycles. The third kappa shape index (κ3) is 3.59. The zero-order valence-corrected chi connectivity index (χ0v) is 14.0. The molecule has 4 heteroatoms. The molecule has 4 unspecified atom stereocenters. The molecular formula is C17H31NO3. The van der Waals surface area contributed by atoms with Gasteiger partial charge in [-0.3, -0.25) is 9.69 Å². The van der Waals surface area contributed by atoms with Gasteiger partial charge in [0.2, 0.25) is 0 Å². The molecule has 2 fully saturated rings. The first kappa shape index (κ1) is 16.8. The third-order valence-electron chi connectivity index (χ3n) is 5.43. The number of nitrogens with zero attached hydrogens (tertiary/aromatic N) is 1. The first-order valence-corrected chi connectivity index (χ1v) is 8.42. The summed E-state index contributed by atoms with van der Waals surface area (Å²) in [6, 6.07) is 0.540. The molecule has 0 aromatic heterocycles. The number of likely N-dealkylation sites (N-methyl/N-ethyl adjacent to an activating group) is 1. The molecule has 122 valence electrons. The summed E-state index contributed by atoms with van der Waals surface area (Å²) in [4.78, 5) is 13.9. The van der Waals surface area contributed by atoms with Crippen LogP contribution in [0, 0.1) is 17.3 Å². The van der Waals surface area contributed by atoms with Crippen LogP contribution in [-0.4, -0.2) is 47.8 Å². The highest BCUT2D eigenvalue weighted by molar-refractivity contribution is 5.71. The van der Waals surface area contributed by atoms with Crippen molar-refractivity contribution in [3.63, 3.8) is 0 Å². The minimum Gasteiger partial charge on any atom is -0.481 e. The number of rotatable bonds is 4. The van der Waals surface area contributed by atoms with Gasteiger partial charge in [-0.15, -0.1) is 0 Å². The van der Waals surface area contributed by atoms with Gasteiger partial charge < -0.3 is 9.84 Å². The van der Waals surface area contributed by atoms with E-state index in [0.717, 1.165) is 6.54 Å². The summed E-state index contributed by atoms with van der Waals surface area (Å²) in [5, 5.41) is 9.45. The van der Waals surface area contributed by atoms with Crippen molar-refractivity contribution in [2.75, 3.05) is 19.8 Å². The maximum absolute atomic E-state index is 11.5. The number of carboxylic acids is 1. The third-order valence-corrected chi connectivity index (χ3v) is 5.43. The molecule has 0 spiro atoms. The number of aliphatic carboxylic acids is 1. The molecule has 2 aliphatic rings. The lowest BCUT2D eigenvalue weighted by Crippen LogP contribution is -2.54. The Morgan fingerprint density at radius 2 is 1.86 bits per heavy atom. The molecule has 1 saturated carbocycles. The lowest BCUT2D eigenvalue weighted by Gasteiger charge is -2.48. The molecule has 4 atom stereocenters. The molecule has 0 bridgehead atoms. The number of hydrogen-bond donors (Lipinski definition) is 1. The molecule has 1 N–H and O–H groups in total. The lowest BCUT2D eigenvalue weighted by molar-refractivity contribution is -0.143. The second kappa shape index (κ2) is 6.66. The second-order valence-corrected chi connectivity index (χ2v) is 7.70. The van der Waals surface area contributed by atoms with Crippen molar-refractivity contribution in [1.82, 2.24) is 4.90 Å². The van der Waals surface area contributed by atoms with Crippen LogP contribution in [-0.2, 0) is 9.53 Å². The molecule has 0 amide bonds. The summed E-state index contributed by atoms with van der Waals surface area (Å²) in [6.45, 7) is 11.0. The van der Waals surface area contributed by atoms with Gasteiger partial charge in [0.05, 0.1) is 19.1 Å². The number of carbonyl (C=O) groups is 1. The Morgan fingerprint density at radius 1 is 1.19 bits per heavy atom. The van der Waals surface area contributed by atoms with Gasteiger partial charge >= 0.3 is 5.97 Å². The van der Waals surface area contributed by atoms with E-state index in [0.29, 0.717) is 25.2 Å². The van der Waals surface area contributed by atoms with Crippen LogP contribution < -0.4 is 0 Å². The summed E-state index contributed by atoms with van der Waals surface area (Å²) >= 11 is 0. The van der Waals surface area contributed by atoms with E-state index in [2.05, 4.69) is 32.6 Å². The van der Waals surface area contributed by atoms with Crippen molar-refractivity contribution < 1.29 is 14.6 Å². The minimum absolute atomic E-state index is 0.0421. The van der Waals surface area contributed by atoms with Gasteiger partial charge in [-0.1, -0.05) is 40.5 Å². The molecular weight excluding hydrogens is 266 g/mol. The van der Waals surface area contributed by atoms with E-state index >= 15 is 0 Å². The van der Waals surface area contributed by atoms with E-state index in [-0.39, 0.29) is 17.4 Å². The van der Waals surface area contributed by atoms with Crippen LogP contribution in [0.4, 0.5) is 0 Å². The van der Waals surface area contributed by atoms with E-state index in [9.17, 15) is 9.90 Å². The van der Waals surface area contributed by atoms with Crippen molar-refractivity contribution in [3.8, 4) is 0 Å². The van der Waals surface area contributed by atoms with Crippen molar-refractivity contribution in [2.45, 2.75) is 65.5 Å². The predicted octanol–water partition coefficient (Wildman–Crippen LogP) is 3.01. The van der Waals surface area contributed by atoms with E-state index < -0.39 is 5.97 Å². The Kier molecular flexibility index (Phi) is 5.31. The number of hydrogen-bond acceptors (Lipinski definition) is 3. The summed E-state index contributed by atoms with van der Waals surface area (Å²) in [5.41, 5.74) is 0.274. The molecule has 2 rings (SSSR count). The molecule has 0 radical (unpaired) electrons. The standard InChI is InChI=1S/C17H31NO3/c1-5-18(15-11-21-10-12(15)16(19)20)14-9-7-6-8-13(14)17(2,3)4/h12-15H,5-11H2,1-4H3,(H,19,20). The highest BCUT2D eigenvalue weighted by Gasteiger charge is 2.44. The molecule has 21 heavy (non-hydrogen) atoms. The van der Waals surface area contributed by atoms with Crippen molar-refractivity contribution in [1.29, 1.82) is 0 Å². The maximum atomic E-state index is 11.5. The highest BCUT2D eigenvalue weighted by atomic mass is 16.5. The second-order valence-electron chi connectivity index (χ2n) is 7.70. The number of ether oxygens (including phenoxy) is 1. The Hall–Kier alpha value is -0.610. The first-order valence-electron chi connectivity index (χ1n) is 8.42. The van der Waals surface area contributed by atoms with Crippen molar-refractivity contribution in [3.05, 3.63) is 0 Å². The maximum Gasteiger partial charge on any atom is 0.310 e. The van der Waals surface area contributed by atoms with Gasteiger partial charge in [0, 0.05) is 12.1 Å². The fourth-order valence-electron chi connectivity index (χ4n) is 4.34. The van der Waals surface area contributed by atoms with Crippen LogP contribution in [0.5, 0.6) is 0 Å². The zero-order chi connectivity index (χ0) is 15.6. The first-order chi connectivity index (χ1) is 9.86. The highest BCUT2D eigenvalue weighted by Crippen LogP contribution is 2.41. The van der Waals surface area contributed by atoms with Gasteiger partial charge in [0.1, 0.15) is 0 Å². The Morgan fingerprint density at radius 3 is 2.43 bits per heavy atom. The monoisotopic (exact) mass is 297 g/mol.